The lowest BCUT2D eigenvalue weighted by molar-refractivity contribution is -0.144. The molecule has 0 aromatic heterocycles. The second-order valence-corrected chi connectivity index (χ2v) is 19.6. The third-order valence-electron chi connectivity index (χ3n) is 13.4. The molecule has 1 aliphatic heterocycles. The van der Waals surface area contributed by atoms with Crippen molar-refractivity contribution in [3.63, 3.8) is 0 Å². The van der Waals surface area contributed by atoms with Crippen molar-refractivity contribution in [1.29, 1.82) is 0 Å². The van der Waals surface area contributed by atoms with E-state index in [1.165, 1.54) is 109 Å². The van der Waals surface area contributed by atoms with Gasteiger partial charge in [0.15, 0.2) is 0 Å². The van der Waals surface area contributed by atoms with E-state index in [-0.39, 0.29) is 23.8 Å². The molecule has 0 aromatic carbocycles. The molecule has 0 N–H and O–H groups in total. The summed E-state index contributed by atoms with van der Waals surface area (Å²) >= 11 is 0. The molecule has 11 heteroatoms. The van der Waals surface area contributed by atoms with Gasteiger partial charge in [-0.2, -0.15) is 0 Å². The number of ether oxygens (including phenoxy) is 2. The van der Waals surface area contributed by atoms with Crippen molar-refractivity contribution in [3.8, 4) is 0 Å². The number of amides is 2. The molecule has 0 bridgehead atoms. The Morgan fingerprint density at radius 3 is 0.985 bits per heavy atom. The fourth-order valence-corrected chi connectivity index (χ4v) is 8.94. The summed E-state index contributed by atoms with van der Waals surface area (Å²) in [4.78, 5) is 63.7. The Labute approximate surface area is 407 Å². The van der Waals surface area contributed by atoms with Gasteiger partial charge in [-0.15, -0.1) is 0 Å². The predicted octanol–water partition coefficient (Wildman–Crippen LogP) is 11.8. The quantitative estimate of drug-likeness (QED) is 0.0436. The number of carbonyl (C=O) groups excluding carboxylic acids is 4. The number of esters is 2. The van der Waals surface area contributed by atoms with Gasteiger partial charge in [-0.25, -0.2) is 0 Å². The molecule has 388 valence electrons. The maximum atomic E-state index is 14.0. The van der Waals surface area contributed by atoms with Crippen LogP contribution in [0.15, 0.2) is 0 Å². The number of hydrogen-bond acceptors (Lipinski definition) is 9. The summed E-state index contributed by atoms with van der Waals surface area (Å²) in [6.45, 7) is 21.2. The van der Waals surface area contributed by atoms with Gasteiger partial charge in [0.2, 0.25) is 11.8 Å². The van der Waals surface area contributed by atoms with E-state index in [1.807, 2.05) is 9.80 Å². The van der Waals surface area contributed by atoms with Crippen molar-refractivity contribution in [2.45, 2.75) is 234 Å². The Hall–Kier alpha value is -2.24. The minimum atomic E-state index is -0.136. The molecular formula is C55H107N5O6. The largest absolute Gasteiger partial charge is 0.466 e. The average Bonchev–Trinajstić information content (AvgIpc) is 3.32. The first-order valence-corrected chi connectivity index (χ1v) is 28.3. The highest BCUT2D eigenvalue weighted by molar-refractivity contribution is 5.80. The van der Waals surface area contributed by atoms with Crippen molar-refractivity contribution < 1.29 is 28.7 Å². The Morgan fingerprint density at radius 2 is 0.606 bits per heavy atom. The van der Waals surface area contributed by atoms with Crippen LogP contribution in [0.4, 0.5) is 0 Å². The van der Waals surface area contributed by atoms with Crippen molar-refractivity contribution in [2.24, 2.45) is 0 Å². The SMILES string of the molecule is CCCCCCCCCN(CCCC(=O)OCCCCC)CCN(CCCCCCCCC)CC(=O)N1CCN(C(=O)CN(CCCCCCCCC)CCCC(=O)OCCCCC)CC1. The molecule has 1 fully saturated rings. The standard InChI is InChI=1S/C55H107N5O6/c1-6-11-16-19-22-25-28-37-56(40-33-35-54(63)65-48-31-14-9-4)42-43-58(39-30-27-24-21-18-13-8-3)51-53(62)60-46-44-59(45-47-60)52(61)50-57(38-29-26-23-20-17-12-7-2)41-34-36-55(64)66-49-32-15-10-5/h6-51H2,1-5H3. The number of carbonyl (C=O) groups is 4. The molecule has 0 aromatic rings. The molecule has 0 unspecified atom stereocenters. The predicted molar refractivity (Wildman–Crippen MR) is 276 cm³/mol. The van der Waals surface area contributed by atoms with E-state index >= 15 is 0 Å². The number of piperazine rings is 1. The maximum absolute atomic E-state index is 14.0. The number of unbranched alkanes of at least 4 members (excludes halogenated alkanes) is 22. The molecule has 0 aliphatic carbocycles. The molecule has 1 saturated heterocycles. The van der Waals surface area contributed by atoms with E-state index in [0.717, 1.165) is 110 Å². The Kier molecular flexibility index (Phi) is 42.3. The number of hydrogen-bond donors (Lipinski definition) is 0. The molecule has 1 aliphatic rings. The normalized spacial score (nSPS) is 13.1. The van der Waals surface area contributed by atoms with Crippen LogP contribution in [0.5, 0.6) is 0 Å². The zero-order valence-electron chi connectivity index (χ0n) is 44.2. The van der Waals surface area contributed by atoms with Crippen LogP contribution < -0.4 is 0 Å². The summed E-state index contributed by atoms with van der Waals surface area (Å²) in [6, 6.07) is 0. The van der Waals surface area contributed by atoms with Gasteiger partial charge in [0.05, 0.1) is 26.3 Å². The summed E-state index contributed by atoms with van der Waals surface area (Å²) < 4.78 is 11.0. The maximum Gasteiger partial charge on any atom is 0.305 e. The molecular weight excluding hydrogens is 827 g/mol. The highest BCUT2D eigenvalue weighted by Crippen LogP contribution is 2.14. The summed E-state index contributed by atoms with van der Waals surface area (Å²) in [5.41, 5.74) is 0. The molecule has 0 saturated carbocycles. The van der Waals surface area contributed by atoms with E-state index in [9.17, 15) is 19.2 Å². The summed E-state index contributed by atoms with van der Waals surface area (Å²) in [5.74, 6) is 0.0703. The van der Waals surface area contributed by atoms with Crippen LogP contribution in [0, 0.1) is 0 Å². The zero-order valence-corrected chi connectivity index (χ0v) is 44.2. The first kappa shape index (κ1) is 61.8. The van der Waals surface area contributed by atoms with E-state index in [4.69, 9.17) is 9.47 Å². The Balaban J connectivity index is 2.84. The second kappa shape index (κ2) is 45.2. The monoisotopic (exact) mass is 934 g/mol. The number of rotatable bonds is 47. The van der Waals surface area contributed by atoms with E-state index in [1.54, 1.807) is 0 Å². The van der Waals surface area contributed by atoms with Crippen LogP contribution in [-0.2, 0) is 28.7 Å². The molecule has 66 heavy (non-hydrogen) atoms. The minimum Gasteiger partial charge on any atom is -0.466 e. The van der Waals surface area contributed by atoms with Gasteiger partial charge < -0.3 is 24.2 Å². The molecule has 0 spiro atoms. The van der Waals surface area contributed by atoms with Crippen LogP contribution in [0.3, 0.4) is 0 Å². The van der Waals surface area contributed by atoms with Gasteiger partial charge >= 0.3 is 11.9 Å². The fourth-order valence-electron chi connectivity index (χ4n) is 8.94. The topological polar surface area (TPSA) is 103 Å². The van der Waals surface area contributed by atoms with Gasteiger partial charge in [0, 0.05) is 52.1 Å². The van der Waals surface area contributed by atoms with Crippen LogP contribution in [-0.4, -0.2) is 147 Å². The lowest BCUT2D eigenvalue weighted by Gasteiger charge is -2.37. The van der Waals surface area contributed by atoms with Crippen molar-refractivity contribution >= 4 is 23.8 Å². The van der Waals surface area contributed by atoms with Gasteiger partial charge in [-0.1, -0.05) is 176 Å². The third kappa shape index (κ3) is 35.8. The molecule has 2 amide bonds. The Morgan fingerprint density at radius 1 is 0.333 bits per heavy atom. The average molecular weight is 934 g/mol. The lowest BCUT2D eigenvalue weighted by atomic mass is 10.1. The van der Waals surface area contributed by atoms with Crippen molar-refractivity contribution in [3.05, 3.63) is 0 Å². The molecule has 0 radical (unpaired) electrons. The summed E-state index contributed by atoms with van der Waals surface area (Å²) in [7, 11) is 0. The highest BCUT2D eigenvalue weighted by atomic mass is 16.5. The highest BCUT2D eigenvalue weighted by Gasteiger charge is 2.26. The molecule has 11 nitrogen and oxygen atoms in total. The van der Waals surface area contributed by atoms with Crippen LogP contribution in [0.1, 0.15) is 234 Å². The van der Waals surface area contributed by atoms with Gasteiger partial charge in [-0.3, -0.25) is 29.0 Å². The molecule has 0 atom stereocenters. The van der Waals surface area contributed by atoms with Gasteiger partial charge in [0.1, 0.15) is 0 Å². The van der Waals surface area contributed by atoms with E-state index in [0.29, 0.717) is 78.3 Å². The van der Waals surface area contributed by atoms with Crippen LogP contribution in [0.2, 0.25) is 0 Å². The number of nitrogens with zero attached hydrogens (tertiary/aromatic N) is 5. The zero-order chi connectivity index (χ0) is 48.1. The summed E-state index contributed by atoms with van der Waals surface area (Å²) in [5, 5.41) is 0. The third-order valence-corrected chi connectivity index (χ3v) is 13.4. The second-order valence-electron chi connectivity index (χ2n) is 19.6. The summed E-state index contributed by atoms with van der Waals surface area (Å²) in [6.07, 6.45) is 34.7. The molecule has 1 rings (SSSR count). The minimum absolute atomic E-state index is 0.0808. The van der Waals surface area contributed by atoms with Crippen molar-refractivity contribution in [2.75, 3.05) is 98.3 Å². The van der Waals surface area contributed by atoms with E-state index < -0.39 is 0 Å². The van der Waals surface area contributed by atoms with Gasteiger partial charge in [-0.05, 0) is 77.7 Å². The first-order valence-electron chi connectivity index (χ1n) is 28.3. The first-order chi connectivity index (χ1) is 32.3. The van der Waals surface area contributed by atoms with Crippen LogP contribution >= 0.6 is 0 Å². The fraction of sp³-hybridized carbons (Fsp3) is 0.927. The van der Waals surface area contributed by atoms with Gasteiger partial charge in [0.25, 0.3) is 0 Å². The smallest absolute Gasteiger partial charge is 0.305 e. The van der Waals surface area contributed by atoms with E-state index in [2.05, 4.69) is 49.3 Å². The Bertz CT molecular complexity index is 1150. The van der Waals surface area contributed by atoms with Crippen LogP contribution in [0.25, 0.3) is 0 Å². The molecule has 1 heterocycles. The van der Waals surface area contributed by atoms with Crippen molar-refractivity contribution in [1.82, 2.24) is 24.5 Å². The lowest BCUT2D eigenvalue weighted by Crippen LogP contribution is -2.54.